The van der Waals surface area contributed by atoms with Crippen molar-refractivity contribution in [2.45, 2.75) is 11.8 Å². The molecular formula is C12H15FN2O5S. The molecule has 0 amide bonds. The molecule has 0 aliphatic heterocycles. The van der Waals surface area contributed by atoms with Gasteiger partial charge in [-0.3, -0.25) is 10.1 Å². The molecule has 1 aromatic rings. The molecule has 1 rings (SSSR count). The van der Waals surface area contributed by atoms with Gasteiger partial charge in [-0.1, -0.05) is 12.2 Å². The monoisotopic (exact) mass is 318 g/mol. The number of ether oxygens (including phenoxy) is 1. The lowest BCUT2D eigenvalue weighted by molar-refractivity contribution is -0.385. The van der Waals surface area contributed by atoms with E-state index in [0.29, 0.717) is 6.07 Å². The number of sulfonamides is 1. The summed E-state index contributed by atoms with van der Waals surface area (Å²) in [7, 11) is -4.18. The van der Waals surface area contributed by atoms with Gasteiger partial charge in [-0.15, -0.1) is 0 Å². The van der Waals surface area contributed by atoms with Crippen LogP contribution in [-0.2, 0) is 14.8 Å². The molecule has 0 atom stereocenters. The van der Waals surface area contributed by atoms with Crippen molar-refractivity contribution in [3.05, 3.63) is 46.3 Å². The number of rotatable bonds is 8. The van der Waals surface area contributed by atoms with Gasteiger partial charge in [0.05, 0.1) is 18.1 Å². The summed E-state index contributed by atoms with van der Waals surface area (Å²) in [5.41, 5.74) is 0.276. The predicted octanol–water partition coefficient (Wildman–Crippen LogP) is 1.60. The first-order chi connectivity index (χ1) is 9.74. The first-order valence-corrected chi connectivity index (χ1v) is 7.38. The number of nitrogens with zero attached hydrogens (tertiary/aromatic N) is 1. The number of hydrogen-bond acceptors (Lipinski definition) is 5. The van der Waals surface area contributed by atoms with Crippen molar-refractivity contribution in [3.8, 4) is 0 Å². The summed E-state index contributed by atoms with van der Waals surface area (Å²) in [5.74, 6) is -1.06. The molecule has 0 aliphatic rings. The maximum Gasteiger partial charge on any atom is 0.270 e. The van der Waals surface area contributed by atoms with E-state index in [1.807, 2.05) is 0 Å². The number of nitro benzene ring substituents is 1. The van der Waals surface area contributed by atoms with Crippen LogP contribution in [0.15, 0.2) is 35.2 Å². The number of nitro groups is 1. The lowest BCUT2D eigenvalue weighted by Crippen LogP contribution is -2.28. The van der Waals surface area contributed by atoms with Crippen LogP contribution in [-0.4, -0.2) is 33.1 Å². The van der Waals surface area contributed by atoms with Gasteiger partial charge in [0.2, 0.25) is 10.0 Å². The van der Waals surface area contributed by atoms with Crippen LogP contribution in [0.2, 0.25) is 0 Å². The van der Waals surface area contributed by atoms with Gasteiger partial charge >= 0.3 is 0 Å². The highest BCUT2D eigenvalue weighted by Crippen LogP contribution is 2.20. The second-order valence-corrected chi connectivity index (χ2v) is 6.01. The molecule has 116 valence electrons. The van der Waals surface area contributed by atoms with Gasteiger partial charge in [0.15, 0.2) is 0 Å². The van der Waals surface area contributed by atoms with Crippen LogP contribution in [0.25, 0.3) is 0 Å². The number of hydrogen-bond donors (Lipinski definition) is 1. The van der Waals surface area contributed by atoms with Crippen molar-refractivity contribution in [2.75, 3.05) is 19.8 Å². The predicted molar refractivity (Wildman–Crippen MR) is 73.9 cm³/mol. The molecule has 7 nitrogen and oxygen atoms in total. The van der Waals surface area contributed by atoms with E-state index in [9.17, 15) is 22.9 Å². The first kappa shape index (κ1) is 17.2. The summed E-state index contributed by atoms with van der Waals surface area (Å²) in [6.45, 7) is 5.63. The van der Waals surface area contributed by atoms with E-state index in [4.69, 9.17) is 4.74 Å². The lowest BCUT2D eigenvalue weighted by atomic mass is 10.3. The van der Waals surface area contributed by atoms with Crippen molar-refractivity contribution in [1.82, 2.24) is 4.72 Å². The van der Waals surface area contributed by atoms with E-state index < -0.39 is 31.3 Å². The molecule has 0 unspecified atom stereocenters. The third-order valence-corrected chi connectivity index (χ3v) is 3.78. The van der Waals surface area contributed by atoms with Gasteiger partial charge in [-0.2, -0.15) is 0 Å². The average Bonchev–Trinajstić information content (AvgIpc) is 2.37. The van der Waals surface area contributed by atoms with Crippen molar-refractivity contribution >= 4 is 15.7 Å². The first-order valence-electron chi connectivity index (χ1n) is 5.90. The molecule has 0 saturated heterocycles. The smallest absolute Gasteiger partial charge is 0.270 e. The Morgan fingerprint density at radius 1 is 1.52 bits per heavy atom. The minimum absolute atomic E-state index is 0.0721. The van der Waals surface area contributed by atoms with Crippen LogP contribution in [0.3, 0.4) is 0 Å². The van der Waals surface area contributed by atoms with E-state index in [1.54, 1.807) is 6.92 Å². The molecule has 1 N–H and O–H groups in total. The third kappa shape index (κ3) is 5.21. The maximum atomic E-state index is 13.5. The number of benzene rings is 1. The molecule has 0 aliphatic carbocycles. The molecule has 0 aromatic heterocycles. The fraction of sp³-hybridized carbons (Fsp3) is 0.333. The van der Waals surface area contributed by atoms with E-state index in [2.05, 4.69) is 11.3 Å². The standard InChI is InChI=1S/C12H15FN2O5S/c1-9(2)8-20-6-5-14-21(18,19)12-7-10(15(16)17)3-4-11(12)13/h3-4,7,14H,1,5-6,8H2,2H3. The number of nitrogens with one attached hydrogen (secondary N) is 1. The van der Waals surface area contributed by atoms with Crippen LogP contribution in [0.4, 0.5) is 10.1 Å². The van der Waals surface area contributed by atoms with Gasteiger partial charge in [0, 0.05) is 18.7 Å². The van der Waals surface area contributed by atoms with Crippen LogP contribution in [0.5, 0.6) is 0 Å². The Kier molecular flexibility index (Phi) is 5.94. The second-order valence-electron chi connectivity index (χ2n) is 4.28. The maximum absolute atomic E-state index is 13.5. The number of halogens is 1. The summed E-state index contributed by atoms with van der Waals surface area (Å²) in [6.07, 6.45) is 0. The van der Waals surface area contributed by atoms with Gasteiger partial charge in [-0.05, 0) is 13.0 Å². The summed E-state index contributed by atoms with van der Waals surface area (Å²) in [6, 6.07) is 2.31. The van der Waals surface area contributed by atoms with Crippen molar-refractivity contribution in [3.63, 3.8) is 0 Å². The van der Waals surface area contributed by atoms with Crippen LogP contribution >= 0.6 is 0 Å². The third-order valence-electron chi connectivity index (χ3n) is 2.30. The zero-order chi connectivity index (χ0) is 16.0. The van der Waals surface area contributed by atoms with Gasteiger partial charge < -0.3 is 4.74 Å². The minimum Gasteiger partial charge on any atom is -0.376 e. The summed E-state index contributed by atoms with van der Waals surface area (Å²) in [5, 5.41) is 10.6. The molecule has 0 fully saturated rings. The normalized spacial score (nSPS) is 11.3. The highest BCUT2D eigenvalue weighted by molar-refractivity contribution is 7.89. The molecule has 0 bridgehead atoms. The second kappa shape index (κ2) is 7.25. The van der Waals surface area contributed by atoms with E-state index in [1.165, 1.54) is 0 Å². The highest BCUT2D eigenvalue weighted by atomic mass is 32.2. The Hall–Kier alpha value is -1.84. The molecular weight excluding hydrogens is 303 g/mol. The van der Waals surface area contributed by atoms with Gasteiger partial charge in [0.1, 0.15) is 10.7 Å². The van der Waals surface area contributed by atoms with E-state index >= 15 is 0 Å². The Bertz CT molecular complexity index is 645. The fourth-order valence-corrected chi connectivity index (χ4v) is 2.49. The van der Waals surface area contributed by atoms with E-state index in [0.717, 1.165) is 17.7 Å². The zero-order valence-electron chi connectivity index (χ0n) is 11.3. The summed E-state index contributed by atoms with van der Waals surface area (Å²) in [4.78, 5) is 9.03. The average molecular weight is 318 g/mol. The van der Waals surface area contributed by atoms with Crippen LogP contribution in [0.1, 0.15) is 6.92 Å². The van der Waals surface area contributed by atoms with Crippen LogP contribution < -0.4 is 4.72 Å². The van der Waals surface area contributed by atoms with E-state index in [-0.39, 0.29) is 19.8 Å². The Balaban J connectivity index is 2.76. The summed E-state index contributed by atoms with van der Waals surface area (Å²) >= 11 is 0. The van der Waals surface area contributed by atoms with Crippen LogP contribution in [0, 0.1) is 15.9 Å². The Morgan fingerprint density at radius 2 is 2.19 bits per heavy atom. The highest BCUT2D eigenvalue weighted by Gasteiger charge is 2.22. The molecule has 0 spiro atoms. The topological polar surface area (TPSA) is 98.5 Å². The Morgan fingerprint density at radius 3 is 2.76 bits per heavy atom. The molecule has 0 saturated carbocycles. The van der Waals surface area contributed by atoms with Crippen molar-refractivity contribution in [2.24, 2.45) is 0 Å². The van der Waals surface area contributed by atoms with Gasteiger partial charge in [-0.25, -0.2) is 17.5 Å². The van der Waals surface area contributed by atoms with Crippen molar-refractivity contribution in [1.29, 1.82) is 0 Å². The lowest BCUT2D eigenvalue weighted by Gasteiger charge is -2.08. The molecule has 1 aromatic carbocycles. The largest absolute Gasteiger partial charge is 0.376 e. The fourth-order valence-electron chi connectivity index (χ4n) is 1.38. The van der Waals surface area contributed by atoms with Gasteiger partial charge in [0.25, 0.3) is 5.69 Å². The summed E-state index contributed by atoms with van der Waals surface area (Å²) < 4.78 is 44.5. The molecule has 0 heterocycles. The minimum atomic E-state index is -4.18. The number of non-ortho nitro benzene ring substituents is 1. The Labute approximate surface area is 121 Å². The molecule has 0 radical (unpaired) electrons. The zero-order valence-corrected chi connectivity index (χ0v) is 12.2. The van der Waals surface area contributed by atoms with Crippen molar-refractivity contribution < 1.29 is 22.5 Å². The quantitative estimate of drug-likeness (QED) is 0.340. The SMILES string of the molecule is C=C(C)COCCNS(=O)(=O)c1cc([N+](=O)[O-])ccc1F. The molecule has 9 heteroatoms. The molecule has 21 heavy (non-hydrogen) atoms.